The largest absolute Gasteiger partial charge is 0.507 e. The number of hydrogen-bond acceptors (Lipinski definition) is 4. The number of nitrogens with zero attached hydrogens (tertiary/aromatic N) is 1. The molecule has 2 aromatic carbocycles. The van der Waals surface area contributed by atoms with Crippen molar-refractivity contribution in [2.24, 2.45) is 4.99 Å². The summed E-state index contributed by atoms with van der Waals surface area (Å²) in [6.45, 7) is 0. The first-order valence-corrected chi connectivity index (χ1v) is 5.37. The highest BCUT2D eigenvalue weighted by atomic mass is 16.3. The zero-order chi connectivity index (χ0) is 13.0. The molecule has 2 rings (SSSR count). The standard InChI is InChI=1S/C14H12N2O2/c15-12-3-6-14(18)11(7-12)8-16-13-4-1-10(9-17)2-5-13/h1-9,18H,15H2. The van der Waals surface area contributed by atoms with Gasteiger partial charge in [0.1, 0.15) is 12.0 Å². The molecule has 2 aromatic rings. The third-order valence-electron chi connectivity index (χ3n) is 2.43. The molecular formula is C14H12N2O2. The molecule has 0 aliphatic rings. The highest BCUT2D eigenvalue weighted by molar-refractivity contribution is 5.86. The lowest BCUT2D eigenvalue weighted by Gasteiger charge is -2.00. The SMILES string of the molecule is Nc1ccc(O)c(C=Nc2ccc(C=O)cc2)c1. The van der Waals surface area contributed by atoms with E-state index in [-0.39, 0.29) is 5.75 Å². The lowest BCUT2D eigenvalue weighted by molar-refractivity contribution is 0.112. The molecule has 0 unspecified atom stereocenters. The van der Waals surface area contributed by atoms with Crippen LogP contribution in [0.3, 0.4) is 0 Å². The van der Waals surface area contributed by atoms with Crippen molar-refractivity contribution >= 4 is 23.9 Å². The van der Waals surface area contributed by atoms with E-state index in [0.29, 0.717) is 22.5 Å². The van der Waals surface area contributed by atoms with Crippen LogP contribution in [-0.2, 0) is 0 Å². The summed E-state index contributed by atoms with van der Waals surface area (Å²) in [5.74, 6) is 0.123. The lowest BCUT2D eigenvalue weighted by Crippen LogP contribution is -1.88. The molecule has 0 saturated carbocycles. The number of hydrogen-bond donors (Lipinski definition) is 2. The minimum Gasteiger partial charge on any atom is -0.507 e. The van der Waals surface area contributed by atoms with E-state index in [1.807, 2.05) is 0 Å². The average Bonchev–Trinajstić information content (AvgIpc) is 2.40. The van der Waals surface area contributed by atoms with Crippen molar-refractivity contribution in [3.05, 3.63) is 53.6 Å². The van der Waals surface area contributed by atoms with E-state index < -0.39 is 0 Å². The number of aromatic hydroxyl groups is 1. The molecule has 0 fully saturated rings. The molecule has 0 bridgehead atoms. The number of carbonyl (C=O) groups is 1. The zero-order valence-electron chi connectivity index (χ0n) is 9.58. The Morgan fingerprint density at radius 3 is 2.50 bits per heavy atom. The van der Waals surface area contributed by atoms with Crippen LogP contribution in [0.1, 0.15) is 15.9 Å². The number of benzene rings is 2. The summed E-state index contributed by atoms with van der Waals surface area (Å²) in [6, 6.07) is 11.6. The predicted octanol–water partition coefficient (Wildman–Crippen LogP) is 2.54. The highest BCUT2D eigenvalue weighted by Crippen LogP contribution is 2.19. The summed E-state index contributed by atoms with van der Waals surface area (Å²) in [4.78, 5) is 14.7. The summed E-state index contributed by atoms with van der Waals surface area (Å²) < 4.78 is 0. The van der Waals surface area contributed by atoms with E-state index in [1.54, 1.807) is 36.4 Å². The Kier molecular flexibility index (Phi) is 3.38. The molecule has 0 saturated heterocycles. The molecule has 0 aliphatic carbocycles. The molecule has 0 aromatic heterocycles. The third-order valence-corrected chi connectivity index (χ3v) is 2.43. The van der Waals surface area contributed by atoms with Crippen molar-refractivity contribution in [1.82, 2.24) is 0 Å². The fourth-order valence-corrected chi connectivity index (χ4v) is 1.46. The smallest absolute Gasteiger partial charge is 0.150 e. The fraction of sp³-hybridized carbons (Fsp3) is 0. The number of carbonyl (C=O) groups excluding carboxylic acids is 1. The molecule has 18 heavy (non-hydrogen) atoms. The van der Waals surface area contributed by atoms with Gasteiger partial charge in [0.05, 0.1) is 5.69 Å². The van der Waals surface area contributed by atoms with Crippen LogP contribution in [-0.4, -0.2) is 17.6 Å². The first-order valence-electron chi connectivity index (χ1n) is 5.37. The normalized spacial score (nSPS) is 10.7. The van der Waals surface area contributed by atoms with Crippen LogP contribution in [0.4, 0.5) is 11.4 Å². The second-order valence-electron chi connectivity index (χ2n) is 3.79. The molecule has 90 valence electrons. The molecule has 4 heteroatoms. The van der Waals surface area contributed by atoms with E-state index in [1.165, 1.54) is 12.3 Å². The van der Waals surface area contributed by atoms with Gasteiger partial charge in [-0.3, -0.25) is 9.79 Å². The first kappa shape index (κ1) is 11.9. The van der Waals surface area contributed by atoms with Crippen LogP contribution in [0, 0.1) is 0 Å². The van der Waals surface area contributed by atoms with Crippen molar-refractivity contribution in [1.29, 1.82) is 0 Å². The van der Waals surface area contributed by atoms with E-state index in [0.717, 1.165) is 6.29 Å². The van der Waals surface area contributed by atoms with E-state index in [9.17, 15) is 9.90 Å². The number of phenolic OH excluding ortho intramolecular Hbond substituents is 1. The van der Waals surface area contributed by atoms with Gasteiger partial charge < -0.3 is 10.8 Å². The molecule has 0 radical (unpaired) electrons. The van der Waals surface area contributed by atoms with Gasteiger partial charge in [0, 0.05) is 23.0 Å². The number of nitrogen functional groups attached to an aromatic ring is 1. The Bertz CT molecular complexity index is 589. The molecule has 3 N–H and O–H groups in total. The quantitative estimate of drug-likeness (QED) is 0.374. The topological polar surface area (TPSA) is 75.7 Å². The highest BCUT2D eigenvalue weighted by Gasteiger charge is 1.98. The van der Waals surface area contributed by atoms with Gasteiger partial charge in [0.2, 0.25) is 0 Å². The molecule has 0 spiro atoms. The van der Waals surface area contributed by atoms with Crippen molar-refractivity contribution in [3.63, 3.8) is 0 Å². The Balaban J connectivity index is 2.23. The summed E-state index contributed by atoms with van der Waals surface area (Å²) in [5, 5.41) is 9.60. The van der Waals surface area contributed by atoms with Gasteiger partial charge in [0.15, 0.2) is 0 Å². The molecule has 4 nitrogen and oxygen atoms in total. The molecule has 0 heterocycles. The lowest BCUT2D eigenvalue weighted by atomic mass is 10.2. The summed E-state index contributed by atoms with van der Waals surface area (Å²) in [5.41, 5.74) is 8.03. The Labute approximate surface area is 104 Å². The minimum absolute atomic E-state index is 0.123. The molecule has 0 atom stereocenters. The maximum absolute atomic E-state index is 10.5. The van der Waals surface area contributed by atoms with Gasteiger partial charge in [0.25, 0.3) is 0 Å². The number of phenols is 1. The zero-order valence-corrected chi connectivity index (χ0v) is 9.58. The van der Waals surface area contributed by atoms with Crippen LogP contribution in [0.25, 0.3) is 0 Å². The van der Waals surface area contributed by atoms with Crippen molar-refractivity contribution in [3.8, 4) is 5.75 Å². The van der Waals surface area contributed by atoms with Crippen molar-refractivity contribution < 1.29 is 9.90 Å². The molecule has 0 amide bonds. The monoisotopic (exact) mass is 240 g/mol. The predicted molar refractivity (Wildman–Crippen MR) is 71.6 cm³/mol. The van der Waals surface area contributed by atoms with E-state index >= 15 is 0 Å². The molecular weight excluding hydrogens is 228 g/mol. The van der Waals surface area contributed by atoms with Crippen molar-refractivity contribution in [2.75, 3.05) is 5.73 Å². The second-order valence-corrected chi connectivity index (χ2v) is 3.79. The summed E-state index contributed by atoms with van der Waals surface area (Å²) in [7, 11) is 0. The Morgan fingerprint density at radius 1 is 1.11 bits per heavy atom. The van der Waals surface area contributed by atoms with Crippen molar-refractivity contribution in [2.45, 2.75) is 0 Å². The van der Waals surface area contributed by atoms with Gasteiger partial charge in [-0.05, 0) is 42.5 Å². The van der Waals surface area contributed by atoms with Gasteiger partial charge in [-0.15, -0.1) is 0 Å². The molecule has 0 aliphatic heterocycles. The van der Waals surface area contributed by atoms with Crippen LogP contribution in [0.15, 0.2) is 47.5 Å². The minimum atomic E-state index is 0.123. The third kappa shape index (κ3) is 2.74. The number of aliphatic imine (C=N–C) groups is 1. The van der Waals surface area contributed by atoms with Gasteiger partial charge in [-0.25, -0.2) is 0 Å². The van der Waals surface area contributed by atoms with Gasteiger partial charge in [-0.2, -0.15) is 0 Å². The van der Waals surface area contributed by atoms with E-state index in [2.05, 4.69) is 4.99 Å². The van der Waals surface area contributed by atoms with Crippen LogP contribution < -0.4 is 5.73 Å². The second kappa shape index (κ2) is 5.14. The maximum Gasteiger partial charge on any atom is 0.150 e. The van der Waals surface area contributed by atoms with Gasteiger partial charge in [-0.1, -0.05) is 0 Å². The fourth-order valence-electron chi connectivity index (χ4n) is 1.46. The van der Waals surface area contributed by atoms with Crippen LogP contribution in [0.5, 0.6) is 5.75 Å². The number of nitrogens with two attached hydrogens (primary N) is 1. The van der Waals surface area contributed by atoms with Gasteiger partial charge >= 0.3 is 0 Å². The summed E-state index contributed by atoms with van der Waals surface area (Å²) in [6.07, 6.45) is 2.30. The maximum atomic E-state index is 10.5. The summed E-state index contributed by atoms with van der Waals surface area (Å²) >= 11 is 0. The van der Waals surface area contributed by atoms with E-state index in [4.69, 9.17) is 5.73 Å². The number of aldehydes is 1. The average molecular weight is 240 g/mol. The Morgan fingerprint density at radius 2 is 1.83 bits per heavy atom. The van der Waals surface area contributed by atoms with Crippen LogP contribution >= 0.6 is 0 Å². The number of rotatable bonds is 3. The number of anilines is 1. The first-order chi connectivity index (χ1) is 8.69. The Hall–Kier alpha value is -2.62. The van der Waals surface area contributed by atoms with Crippen LogP contribution in [0.2, 0.25) is 0 Å².